The van der Waals surface area contributed by atoms with Gasteiger partial charge in [0.2, 0.25) is 5.91 Å². The number of alkyl halides is 3. The summed E-state index contributed by atoms with van der Waals surface area (Å²) in [6.07, 6.45) is -4.50. The molecule has 0 spiro atoms. The molecule has 0 aromatic heterocycles. The Morgan fingerprint density at radius 1 is 1.27 bits per heavy atom. The minimum atomic E-state index is -4.50. The fraction of sp³-hybridized carbons (Fsp3) is 0.308. The number of benzene rings is 1. The van der Waals surface area contributed by atoms with Gasteiger partial charge in [-0.1, -0.05) is 12.1 Å². The molecule has 4 amide bonds. The van der Waals surface area contributed by atoms with Crippen molar-refractivity contribution in [3.05, 3.63) is 35.4 Å². The summed E-state index contributed by atoms with van der Waals surface area (Å²) in [5.74, 6) is -1.63. The SMILES string of the molecule is C[C@]1(c2ccc(C(F)(F)F)cc2)NC(=O)N(CC(N)=O)C1=O. The Hall–Kier alpha value is -2.58. The van der Waals surface area contributed by atoms with Crippen LogP contribution in [0.3, 0.4) is 0 Å². The van der Waals surface area contributed by atoms with Crippen LogP contribution in [-0.2, 0) is 21.3 Å². The first kappa shape index (κ1) is 15.8. The lowest BCUT2D eigenvalue weighted by Gasteiger charge is -2.22. The van der Waals surface area contributed by atoms with E-state index in [0.29, 0.717) is 4.90 Å². The molecule has 3 N–H and O–H groups in total. The number of imide groups is 1. The number of carbonyl (C=O) groups is 3. The van der Waals surface area contributed by atoms with E-state index in [9.17, 15) is 27.6 Å². The van der Waals surface area contributed by atoms with E-state index in [-0.39, 0.29) is 5.56 Å². The number of halogens is 3. The monoisotopic (exact) mass is 315 g/mol. The fourth-order valence-corrected chi connectivity index (χ4v) is 2.18. The van der Waals surface area contributed by atoms with Gasteiger partial charge in [-0.3, -0.25) is 14.5 Å². The van der Waals surface area contributed by atoms with Crippen LogP contribution >= 0.6 is 0 Å². The van der Waals surface area contributed by atoms with E-state index in [4.69, 9.17) is 5.73 Å². The van der Waals surface area contributed by atoms with Gasteiger partial charge in [0.05, 0.1) is 5.56 Å². The molecule has 0 radical (unpaired) electrons. The van der Waals surface area contributed by atoms with E-state index >= 15 is 0 Å². The average molecular weight is 315 g/mol. The van der Waals surface area contributed by atoms with Crippen LogP contribution in [0.5, 0.6) is 0 Å². The smallest absolute Gasteiger partial charge is 0.368 e. The molecule has 2 rings (SSSR count). The number of urea groups is 1. The summed E-state index contributed by atoms with van der Waals surface area (Å²) in [6.45, 7) is 0.748. The van der Waals surface area contributed by atoms with Crippen molar-refractivity contribution in [1.82, 2.24) is 10.2 Å². The normalized spacial score (nSPS) is 21.9. The second kappa shape index (κ2) is 5.00. The number of nitrogens with zero attached hydrogens (tertiary/aromatic N) is 1. The predicted octanol–water partition coefficient (Wildman–Crippen LogP) is 0.958. The number of nitrogens with two attached hydrogens (primary N) is 1. The summed E-state index contributed by atoms with van der Waals surface area (Å²) in [5.41, 5.74) is 2.71. The van der Waals surface area contributed by atoms with Crippen molar-refractivity contribution >= 4 is 17.8 Å². The molecule has 0 unspecified atom stereocenters. The third kappa shape index (κ3) is 2.61. The quantitative estimate of drug-likeness (QED) is 0.814. The van der Waals surface area contributed by atoms with Crippen molar-refractivity contribution in [2.24, 2.45) is 5.73 Å². The largest absolute Gasteiger partial charge is 0.416 e. The highest BCUT2D eigenvalue weighted by Crippen LogP contribution is 2.33. The number of primary amides is 1. The Morgan fingerprint density at radius 2 is 1.82 bits per heavy atom. The highest BCUT2D eigenvalue weighted by molar-refractivity contribution is 6.09. The lowest BCUT2D eigenvalue weighted by atomic mass is 9.91. The van der Waals surface area contributed by atoms with Crippen LogP contribution in [0.1, 0.15) is 18.1 Å². The molecular weight excluding hydrogens is 303 g/mol. The molecule has 9 heteroatoms. The van der Waals surface area contributed by atoms with E-state index in [0.717, 1.165) is 24.3 Å². The first-order valence-corrected chi connectivity index (χ1v) is 6.16. The molecule has 6 nitrogen and oxygen atoms in total. The molecule has 1 aromatic carbocycles. The standard InChI is InChI=1S/C13H12F3N3O3/c1-12(7-2-4-8(5-3-7)13(14,15)16)10(21)19(6-9(17)20)11(22)18-12/h2-5H,6H2,1H3,(H2,17,20)(H,18,22)/t12-/m1/s1. The zero-order valence-electron chi connectivity index (χ0n) is 11.4. The van der Waals surface area contributed by atoms with E-state index in [1.165, 1.54) is 6.92 Å². The van der Waals surface area contributed by atoms with Gasteiger partial charge in [-0.05, 0) is 24.6 Å². The Kier molecular flexibility index (Phi) is 3.59. The predicted molar refractivity (Wildman–Crippen MR) is 68.2 cm³/mol. The van der Waals surface area contributed by atoms with Crippen LogP contribution < -0.4 is 11.1 Å². The van der Waals surface area contributed by atoms with Crippen LogP contribution in [0.15, 0.2) is 24.3 Å². The summed E-state index contributed by atoms with van der Waals surface area (Å²) in [4.78, 5) is 35.5. The summed E-state index contributed by atoms with van der Waals surface area (Å²) >= 11 is 0. The molecule has 1 saturated heterocycles. The Labute approximate surface area is 123 Å². The van der Waals surface area contributed by atoms with E-state index in [1.54, 1.807) is 0 Å². The first-order chi connectivity index (χ1) is 10.1. The lowest BCUT2D eigenvalue weighted by molar-refractivity contribution is -0.137. The lowest BCUT2D eigenvalue weighted by Crippen LogP contribution is -2.42. The molecule has 1 fully saturated rings. The average Bonchev–Trinajstić information content (AvgIpc) is 2.62. The molecule has 1 atom stereocenters. The maximum Gasteiger partial charge on any atom is 0.416 e. The van der Waals surface area contributed by atoms with Gasteiger partial charge in [0.1, 0.15) is 12.1 Å². The van der Waals surface area contributed by atoms with Gasteiger partial charge in [0, 0.05) is 0 Å². The Balaban J connectivity index is 2.33. The molecule has 118 valence electrons. The van der Waals surface area contributed by atoms with Crippen molar-refractivity contribution in [2.75, 3.05) is 6.54 Å². The summed E-state index contributed by atoms with van der Waals surface area (Å²) in [7, 11) is 0. The third-order valence-electron chi connectivity index (χ3n) is 3.38. The summed E-state index contributed by atoms with van der Waals surface area (Å²) < 4.78 is 37.6. The third-order valence-corrected chi connectivity index (χ3v) is 3.38. The van der Waals surface area contributed by atoms with Crippen LogP contribution in [0, 0.1) is 0 Å². The van der Waals surface area contributed by atoms with Crippen molar-refractivity contribution in [3.63, 3.8) is 0 Å². The van der Waals surface area contributed by atoms with Crippen molar-refractivity contribution < 1.29 is 27.6 Å². The van der Waals surface area contributed by atoms with Crippen LogP contribution in [0.2, 0.25) is 0 Å². The van der Waals surface area contributed by atoms with Gasteiger partial charge in [-0.15, -0.1) is 0 Å². The second-order valence-electron chi connectivity index (χ2n) is 4.99. The number of carbonyl (C=O) groups excluding carboxylic acids is 3. The molecular formula is C13H12F3N3O3. The number of hydrogen-bond donors (Lipinski definition) is 2. The maximum atomic E-state index is 12.5. The van der Waals surface area contributed by atoms with Gasteiger partial charge in [-0.2, -0.15) is 13.2 Å². The number of nitrogens with one attached hydrogen (secondary N) is 1. The zero-order valence-corrected chi connectivity index (χ0v) is 11.4. The van der Waals surface area contributed by atoms with Crippen LogP contribution in [-0.4, -0.2) is 29.3 Å². The van der Waals surface area contributed by atoms with Crippen molar-refractivity contribution in [1.29, 1.82) is 0 Å². The van der Waals surface area contributed by atoms with E-state index in [1.807, 2.05) is 0 Å². The molecule has 1 aromatic rings. The first-order valence-electron chi connectivity index (χ1n) is 6.16. The molecule has 22 heavy (non-hydrogen) atoms. The highest BCUT2D eigenvalue weighted by atomic mass is 19.4. The number of rotatable bonds is 3. The maximum absolute atomic E-state index is 12.5. The van der Waals surface area contributed by atoms with E-state index in [2.05, 4.69) is 5.32 Å². The molecule has 0 aliphatic carbocycles. The minimum Gasteiger partial charge on any atom is -0.368 e. The fourth-order valence-electron chi connectivity index (χ4n) is 2.18. The topological polar surface area (TPSA) is 92.5 Å². The number of amides is 4. The van der Waals surface area contributed by atoms with Crippen LogP contribution in [0.25, 0.3) is 0 Å². The Morgan fingerprint density at radius 3 is 2.27 bits per heavy atom. The Bertz CT molecular complexity index is 642. The highest BCUT2D eigenvalue weighted by Gasteiger charge is 2.49. The minimum absolute atomic E-state index is 0.172. The van der Waals surface area contributed by atoms with Crippen molar-refractivity contribution in [2.45, 2.75) is 18.6 Å². The van der Waals surface area contributed by atoms with Gasteiger partial charge >= 0.3 is 12.2 Å². The molecule has 1 aliphatic heterocycles. The van der Waals surface area contributed by atoms with Crippen LogP contribution in [0.4, 0.5) is 18.0 Å². The van der Waals surface area contributed by atoms with Gasteiger partial charge < -0.3 is 11.1 Å². The van der Waals surface area contributed by atoms with Gasteiger partial charge in [0.25, 0.3) is 5.91 Å². The van der Waals surface area contributed by atoms with Gasteiger partial charge in [0.15, 0.2) is 0 Å². The summed E-state index contributed by atoms with van der Waals surface area (Å²) in [5, 5.41) is 2.36. The molecule has 1 aliphatic rings. The summed E-state index contributed by atoms with van der Waals surface area (Å²) in [6, 6.07) is 3.02. The molecule has 1 heterocycles. The number of hydrogen-bond acceptors (Lipinski definition) is 3. The van der Waals surface area contributed by atoms with Crippen molar-refractivity contribution in [3.8, 4) is 0 Å². The van der Waals surface area contributed by atoms with Gasteiger partial charge in [-0.25, -0.2) is 4.79 Å². The molecule has 0 bridgehead atoms. The van der Waals surface area contributed by atoms with E-state index < -0.39 is 41.7 Å². The second-order valence-corrected chi connectivity index (χ2v) is 4.99. The molecule has 0 saturated carbocycles. The zero-order chi connectivity index (χ0) is 16.7.